The lowest BCUT2D eigenvalue weighted by Gasteiger charge is -2.45. The van der Waals surface area contributed by atoms with Crippen LogP contribution in [-0.2, 0) is 30.2 Å². The van der Waals surface area contributed by atoms with Gasteiger partial charge in [-0.3, -0.25) is 9.59 Å². The van der Waals surface area contributed by atoms with Gasteiger partial charge in [0.05, 0.1) is 12.7 Å². The first-order valence-electron chi connectivity index (χ1n) is 13.0. The Balaban J connectivity index is 2.09. The van der Waals surface area contributed by atoms with E-state index in [1.165, 1.54) is 13.8 Å². The van der Waals surface area contributed by atoms with E-state index in [0.717, 1.165) is 16.9 Å². The molecule has 38 heavy (non-hydrogen) atoms. The molecule has 0 spiro atoms. The number of hydrogen-bond donors (Lipinski definition) is 0. The Labute approximate surface area is 230 Å². The number of benzene rings is 2. The van der Waals surface area contributed by atoms with Gasteiger partial charge in [-0.15, -0.1) is 0 Å². The minimum Gasteiger partial charge on any atom is -0.494 e. The predicted molar refractivity (Wildman–Crippen MR) is 146 cm³/mol. The molecular formula is C30H37ClO7. The van der Waals surface area contributed by atoms with Gasteiger partial charge >= 0.3 is 11.9 Å². The molecule has 8 heteroatoms. The fraction of sp³-hybridized carbons (Fsp3) is 0.467. The summed E-state index contributed by atoms with van der Waals surface area (Å²) in [6, 6.07) is 11.5. The summed E-state index contributed by atoms with van der Waals surface area (Å²) in [6.45, 7) is 13.1. The molecule has 206 valence electrons. The van der Waals surface area contributed by atoms with E-state index in [2.05, 4.69) is 6.58 Å². The first-order chi connectivity index (χ1) is 18.2. The van der Waals surface area contributed by atoms with Crippen molar-refractivity contribution in [1.82, 2.24) is 0 Å². The van der Waals surface area contributed by atoms with Crippen molar-refractivity contribution in [1.29, 1.82) is 0 Å². The number of halogens is 1. The molecule has 0 aliphatic carbocycles. The Bertz CT molecular complexity index is 1110. The smallest absolute Gasteiger partial charge is 0.303 e. The second-order valence-corrected chi connectivity index (χ2v) is 9.75. The first kappa shape index (κ1) is 29.5. The molecule has 0 radical (unpaired) electrons. The van der Waals surface area contributed by atoms with Crippen molar-refractivity contribution in [2.24, 2.45) is 5.92 Å². The monoisotopic (exact) mass is 544 g/mol. The Morgan fingerprint density at radius 3 is 2.26 bits per heavy atom. The van der Waals surface area contributed by atoms with Gasteiger partial charge in [-0.05, 0) is 55.2 Å². The Kier molecular flexibility index (Phi) is 10.6. The largest absolute Gasteiger partial charge is 0.494 e. The highest BCUT2D eigenvalue weighted by molar-refractivity contribution is 6.31. The Morgan fingerprint density at radius 1 is 1.03 bits per heavy atom. The van der Waals surface area contributed by atoms with Crippen LogP contribution < -0.4 is 9.47 Å². The van der Waals surface area contributed by atoms with Crippen LogP contribution in [0.15, 0.2) is 49.1 Å². The molecule has 1 heterocycles. The summed E-state index contributed by atoms with van der Waals surface area (Å²) >= 11 is 6.72. The van der Waals surface area contributed by atoms with E-state index < -0.39 is 30.3 Å². The van der Waals surface area contributed by atoms with Crippen molar-refractivity contribution >= 4 is 23.5 Å². The average molecular weight is 545 g/mol. The first-order valence-corrected chi connectivity index (χ1v) is 13.3. The summed E-state index contributed by atoms with van der Waals surface area (Å²) in [7, 11) is 0. The van der Waals surface area contributed by atoms with Gasteiger partial charge in [-0.2, -0.15) is 0 Å². The van der Waals surface area contributed by atoms with Crippen molar-refractivity contribution in [2.45, 2.75) is 71.9 Å². The maximum atomic E-state index is 12.2. The molecule has 0 saturated carbocycles. The third kappa shape index (κ3) is 7.29. The van der Waals surface area contributed by atoms with E-state index in [9.17, 15) is 9.59 Å². The van der Waals surface area contributed by atoms with Crippen LogP contribution in [0.5, 0.6) is 11.5 Å². The molecule has 1 saturated heterocycles. The Hall–Kier alpha value is -3.03. The van der Waals surface area contributed by atoms with Crippen LogP contribution in [0.1, 0.15) is 63.8 Å². The van der Waals surface area contributed by atoms with Gasteiger partial charge in [0.25, 0.3) is 0 Å². The Morgan fingerprint density at radius 2 is 1.68 bits per heavy atom. The average Bonchev–Trinajstić information content (AvgIpc) is 2.87. The quantitative estimate of drug-likeness (QED) is 0.244. The molecule has 0 amide bonds. The van der Waals surface area contributed by atoms with E-state index in [-0.39, 0.29) is 18.6 Å². The number of carbonyl (C=O) groups is 2. The zero-order chi connectivity index (χ0) is 27.8. The second kappa shape index (κ2) is 13.7. The minimum absolute atomic E-state index is 0.197. The lowest BCUT2D eigenvalue weighted by molar-refractivity contribution is -0.226. The number of hydrogen-bond acceptors (Lipinski definition) is 7. The zero-order valence-corrected chi connectivity index (χ0v) is 23.5. The molecule has 0 bridgehead atoms. The van der Waals surface area contributed by atoms with Gasteiger partial charge in [0.15, 0.2) is 6.10 Å². The number of rotatable bonds is 11. The second-order valence-electron chi connectivity index (χ2n) is 9.35. The van der Waals surface area contributed by atoms with Crippen LogP contribution in [0.3, 0.4) is 0 Å². The third-order valence-electron chi connectivity index (χ3n) is 6.53. The molecule has 5 atom stereocenters. The lowest BCUT2D eigenvalue weighted by Crippen LogP contribution is -2.52. The number of carbonyl (C=O) groups excluding carboxylic acids is 2. The maximum Gasteiger partial charge on any atom is 0.303 e. The fourth-order valence-corrected chi connectivity index (χ4v) is 5.04. The van der Waals surface area contributed by atoms with Crippen molar-refractivity contribution < 1.29 is 33.3 Å². The molecule has 0 unspecified atom stereocenters. The van der Waals surface area contributed by atoms with Gasteiger partial charge in [0.1, 0.15) is 30.3 Å². The molecule has 1 fully saturated rings. The van der Waals surface area contributed by atoms with Gasteiger partial charge in [0, 0.05) is 30.4 Å². The summed E-state index contributed by atoms with van der Waals surface area (Å²) in [5, 5.41) is 0.526. The lowest BCUT2D eigenvalue weighted by atomic mass is 9.83. The standard InChI is InChI=1S/C30H37ClO7/c1-7-14-35-27-17-25(31)22(15-21-10-12-23(13-11-21)34-9-3)16-24(27)29-30(37-20(6)33)28(36-19(5)32)18(4)26(8-2)38-29/h7,10-13,16-18,26,28-30H,1,8-9,14-15H2,2-6H3/t18-,26-,28+,29+,30-/m1/s1. The summed E-state index contributed by atoms with van der Waals surface area (Å²) < 4.78 is 29.5. The van der Waals surface area contributed by atoms with Gasteiger partial charge in [-0.25, -0.2) is 0 Å². The fourth-order valence-electron chi connectivity index (χ4n) is 4.82. The van der Waals surface area contributed by atoms with Crippen LogP contribution in [0, 0.1) is 5.92 Å². The highest BCUT2D eigenvalue weighted by Gasteiger charge is 2.48. The van der Waals surface area contributed by atoms with Gasteiger partial charge < -0.3 is 23.7 Å². The highest BCUT2D eigenvalue weighted by atomic mass is 35.5. The van der Waals surface area contributed by atoms with E-state index >= 15 is 0 Å². The van der Waals surface area contributed by atoms with Crippen LogP contribution in [0.4, 0.5) is 0 Å². The maximum absolute atomic E-state index is 12.2. The summed E-state index contributed by atoms with van der Waals surface area (Å²) in [5.74, 6) is 0.133. The van der Waals surface area contributed by atoms with Crippen LogP contribution >= 0.6 is 11.6 Å². The molecule has 2 aromatic rings. The molecule has 0 N–H and O–H groups in total. The molecule has 1 aliphatic heterocycles. The molecule has 7 nitrogen and oxygen atoms in total. The van der Waals surface area contributed by atoms with E-state index in [4.69, 9.17) is 35.3 Å². The molecule has 3 rings (SSSR count). The van der Waals surface area contributed by atoms with E-state index in [1.807, 2.05) is 51.1 Å². The van der Waals surface area contributed by atoms with Crippen molar-refractivity contribution in [3.8, 4) is 11.5 Å². The summed E-state index contributed by atoms with van der Waals surface area (Å²) in [4.78, 5) is 24.2. The van der Waals surface area contributed by atoms with Crippen molar-refractivity contribution in [2.75, 3.05) is 13.2 Å². The third-order valence-corrected chi connectivity index (χ3v) is 6.88. The molecule has 0 aromatic heterocycles. The van der Waals surface area contributed by atoms with Crippen LogP contribution in [0.25, 0.3) is 0 Å². The number of esters is 2. The van der Waals surface area contributed by atoms with Crippen LogP contribution in [-0.4, -0.2) is 43.5 Å². The van der Waals surface area contributed by atoms with Crippen LogP contribution in [0.2, 0.25) is 5.02 Å². The zero-order valence-electron chi connectivity index (χ0n) is 22.7. The van der Waals surface area contributed by atoms with Crippen molar-refractivity contribution in [3.05, 3.63) is 70.8 Å². The van der Waals surface area contributed by atoms with Crippen molar-refractivity contribution in [3.63, 3.8) is 0 Å². The molecular weight excluding hydrogens is 508 g/mol. The summed E-state index contributed by atoms with van der Waals surface area (Å²) in [5.41, 5.74) is 2.55. The van der Waals surface area contributed by atoms with E-state index in [1.54, 1.807) is 12.1 Å². The van der Waals surface area contributed by atoms with E-state index in [0.29, 0.717) is 35.8 Å². The van der Waals surface area contributed by atoms with Gasteiger partial charge in [-0.1, -0.05) is 50.2 Å². The molecule has 1 aliphatic rings. The predicted octanol–water partition coefficient (Wildman–Crippen LogP) is 6.24. The highest BCUT2D eigenvalue weighted by Crippen LogP contribution is 2.44. The van der Waals surface area contributed by atoms with Gasteiger partial charge in [0.2, 0.25) is 0 Å². The topological polar surface area (TPSA) is 80.3 Å². The summed E-state index contributed by atoms with van der Waals surface area (Å²) in [6.07, 6.45) is 0.297. The normalized spacial score (nSPS) is 22.8. The molecule has 2 aromatic carbocycles. The minimum atomic E-state index is -0.875. The SMILES string of the molecule is C=CCOc1cc(Cl)c(Cc2ccc(OCC)cc2)cc1[C@@H]1O[C@H](CC)[C@@H](C)[C@H](OC(C)=O)[C@H]1OC(C)=O. The number of ether oxygens (including phenoxy) is 5.